The van der Waals surface area contributed by atoms with Gasteiger partial charge in [0, 0.05) is 16.8 Å². The molecule has 0 bridgehead atoms. The zero-order valence-electron chi connectivity index (χ0n) is 17.5. The number of nitrogens with one attached hydrogen (secondary N) is 1. The number of aromatic nitrogens is 1. The zero-order chi connectivity index (χ0) is 25.9. The lowest BCUT2D eigenvalue weighted by Crippen LogP contribution is -2.23. The first-order valence-corrected chi connectivity index (χ1v) is 13.2. The Hall–Kier alpha value is -2.58. The summed E-state index contributed by atoms with van der Waals surface area (Å²) in [7, 11) is -4.52. The molecule has 5 nitrogen and oxygen atoms in total. The third kappa shape index (κ3) is 7.21. The fourth-order valence-electron chi connectivity index (χ4n) is 2.83. The molecule has 0 saturated heterocycles. The standard InChI is InChI=1S/C21H16F6N2O3S3/c22-20(23,24)13-9-14(21(25,26)27)11-16(10-13)35(31,32)8-7-34-19-17(4-1-5-28-19)18(30)29-12-15-3-2-6-33-15/h1-6,9-11H,7-8,12H2,(H,29,30). The molecule has 0 aliphatic rings. The highest BCUT2D eigenvalue weighted by atomic mass is 32.2. The van der Waals surface area contributed by atoms with E-state index in [1.54, 1.807) is 0 Å². The molecule has 0 saturated carbocycles. The topological polar surface area (TPSA) is 76.1 Å². The van der Waals surface area contributed by atoms with E-state index in [4.69, 9.17) is 0 Å². The molecular formula is C21H16F6N2O3S3. The molecule has 1 aromatic carbocycles. The molecule has 0 atom stereocenters. The van der Waals surface area contributed by atoms with Crippen molar-refractivity contribution in [2.24, 2.45) is 0 Å². The summed E-state index contributed by atoms with van der Waals surface area (Å²) in [6.07, 6.45) is -8.96. The van der Waals surface area contributed by atoms with Crippen LogP contribution in [0, 0.1) is 0 Å². The number of hydrogen-bond donors (Lipinski definition) is 1. The summed E-state index contributed by atoms with van der Waals surface area (Å²) in [5, 5.41) is 4.72. The van der Waals surface area contributed by atoms with Gasteiger partial charge in [0.05, 0.1) is 33.9 Å². The predicted molar refractivity (Wildman–Crippen MR) is 119 cm³/mol. The van der Waals surface area contributed by atoms with Crippen molar-refractivity contribution in [3.8, 4) is 0 Å². The number of alkyl halides is 6. The second-order valence-corrected chi connectivity index (χ2v) is 11.3. The van der Waals surface area contributed by atoms with Crippen LogP contribution in [0.1, 0.15) is 26.4 Å². The van der Waals surface area contributed by atoms with Crippen molar-refractivity contribution < 1.29 is 39.6 Å². The van der Waals surface area contributed by atoms with E-state index in [-0.39, 0.29) is 41.1 Å². The van der Waals surface area contributed by atoms with E-state index in [0.717, 1.165) is 16.6 Å². The summed E-state index contributed by atoms with van der Waals surface area (Å²) < 4.78 is 104. The zero-order valence-corrected chi connectivity index (χ0v) is 19.9. The Balaban J connectivity index is 1.74. The smallest absolute Gasteiger partial charge is 0.347 e. The number of thiophene rings is 1. The number of nitrogens with zero attached hydrogens (tertiary/aromatic N) is 1. The van der Waals surface area contributed by atoms with Gasteiger partial charge in [-0.05, 0) is 41.8 Å². The number of carbonyl (C=O) groups excluding carboxylic acids is 1. The van der Waals surface area contributed by atoms with Crippen LogP contribution in [0.3, 0.4) is 0 Å². The fourth-order valence-corrected chi connectivity index (χ4v) is 6.18. The molecule has 3 rings (SSSR count). The molecule has 0 unspecified atom stereocenters. The van der Waals surface area contributed by atoms with Crippen molar-refractivity contribution in [3.63, 3.8) is 0 Å². The Morgan fingerprint density at radius 2 is 1.66 bits per heavy atom. The lowest BCUT2D eigenvalue weighted by Gasteiger charge is -2.14. The number of hydrogen-bond acceptors (Lipinski definition) is 6. The van der Waals surface area contributed by atoms with Gasteiger partial charge in [0.15, 0.2) is 9.84 Å². The molecule has 0 radical (unpaired) electrons. The van der Waals surface area contributed by atoms with E-state index >= 15 is 0 Å². The maximum absolute atomic E-state index is 13.1. The number of amides is 1. The number of pyridine rings is 1. The normalized spacial score (nSPS) is 12.5. The molecule has 35 heavy (non-hydrogen) atoms. The van der Waals surface area contributed by atoms with Gasteiger partial charge in [0.1, 0.15) is 5.03 Å². The van der Waals surface area contributed by atoms with Crippen LogP contribution in [0.2, 0.25) is 0 Å². The van der Waals surface area contributed by atoms with Gasteiger partial charge in [0.25, 0.3) is 5.91 Å². The van der Waals surface area contributed by atoms with Crippen LogP contribution in [0.5, 0.6) is 0 Å². The number of sulfone groups is 1. The van der Waals surface area contributed by atoms with E-state index in [9.17, 15) is 39.6 Å². The van der Waals surface area contributed by atoms with Crippen LogP contribution in [0.4, 0.5) is 26.3 Å². The first-order valence-electron chi connectivity index (χ1n) is 9.68. The Morgan fingerprint density at radius 3 is 2.23 bits per heavy atom. The monoisotopic (exact) mass is 554 g/mol. The van der Waals surface area contributed by atoms with Crippen molar-refractivity contribution in [3.05, 3.63) is 75.6 Å². The molecule has 188 valence electrons. The van der Waals surface area contributed by atoms with Gasteiger partial charge in [-0.2, -0.15) is 26.3 Å². The summed E-state index contributed by atoms with van der Waals surface area (Å²) in [5.41, 5.74) is -3.27. The Labute approximate surface area is 204 Å². The lowest BCUT2D eigenvalue weighted by atomic mass is 10.1. The maximum Gasteiger partial charge on any atom is 0.416 e. The third-order valence-electron chi connectivity index (χ3n) is 4.53. The fraction of sp³-hybridized carbons (Fsp3) is 0.238. The van der Waals surface area contributed by atoms with Gasteiger partial charge in [0.2, 0.25) is 0 Å². The summed E-state index contributed by atoms with van der Waals surface area (Å²) >= 11 is 2.29. The average molecular weight is 555 g/mol. The van der Waals surface area contributed by atoms with Gasteiger partial charge >= 0.3 is 12.4 Å². The number of rotatable bonds is 8. The minimum absolute atomic E-state index is 0.136. The van der Waals surface area contributed by atoms with E-state index in [0.29, 0.717) is 0 Å². The Morgan fingerprint density at radius 1 is 1.00 bits per heavy atom. The van der Waals surface area contributed by atoms with Crippen molar-refractivity contribution in [1.29, 1.82) is 0 Å². The number of thioether (sulfide) groups is 1. The highest BCUT2D eigenvalue weighted by Gasteiger charge is 2.38. The quantitative estimate of drug-likeness (QED) is 0.287. The second kappa shape index (κ2) is 10.6. The van der Waals surface area contributed by atoms with Crippen LogP contribution < -0.4 is 5.32 Å². The van der Waals surface area contributed by atoms with E-state index in [1.807, 2.05) is 17.5 Å². The van der Waals surface area contributed by atoms with E-state index in [1.165, 1.54) is 29.7 Å². The van der Waals surface area contributed by atoms with Crippen molar-refractivity contribution >= 4 is 38.8 Å². The molecule has 1 N–H and O–H groups in total. The SMILES string of the molecule is O=C(NCc1cccs1)c1cccnc1SCCS(=O)(=O)c1cc(C(F)(F)F)cc(C(F)(F)F)c1. The molecular weight excluding hydrogens is 538 g/mol. The summed E-state index contributed by atoms with van der Waals surface area (Å²) in [6.45, 7) is 0.265. The Bertz CT molecular complexity index is 1260. The minimum Gasteiger partial charge on any atom is -0.347 e. The van der Waals surface area contributed by atoms with Crippen LogP contribution in [-0.4, -0.2) is 30.8 Å². The largest absolute Gasteiger partial charge is 0.416 e. The van der Waals surface area contributed by atoms with Crippen molar-refractivity contribution in [2.45, 2.75) is 28.8 Å². The molecule has 0 aliphatic heterocycles. The molecule has 0 spiro atoms. The molecule has 14 heteroatoms. The second-order valence-electron chi connectivity index (χ2n) is 7.03. The summed E-state index contributed by atoms with van der Waals surface area (Å²) in [6, 6.07) is 6.84. The first-order chi connectivity index (χ1) is 16.3. The predicted octanol–water partition coefficient (Wildman–Crippen LogP) is 5.68. The van der Waals surface area contributed by atoms with Gasteiger partial charge in [-0.1, -0.05) is 6.07 Å². The van der Waals surface area contributed by atoms with Crippen LogP contribution in [0.15, 0.2) is 64.0 Å². The molecule has 2 heterocycles. The number of benzene rings is 1. The van der Waals surface area contributed by atoms with E-state index < -0.39 is 49.9 Å². The molecule has 3 aromatic rings. The lowest BCUT2D eigenvalue weighted by molar-refractivity contribution is -0.143. The van der Waals surface area contributed by atoms with E-state index in [2.05, 4.69) is 10.3 Å². The van der Waals surface area contributed by atoms with Gasteiger partial charge in [-0.25, -0.2) is 13.4 Å². The van der Waals surface area contributed by atoms with Crippen LogP contribution in [0.25, 0.3) is 0 Å². The summed E-state index contributed by atoms with van der Waals surface area (Å²) in [4.78, 5) is 16.4. The Kier molecular flexibility index (Phi) is 8.17. The summed E-state index contributed by atoms with van der Waals surface area (Å²) in [5.74, 6) is -1.50. The van der Waals surface area contributed by atoms with Gasteiger partial charge in [-0.3, -0.25) is 4.79 Å². The maximum atomic E-state index is 13.1. The van der Waals surface area contributed by atoms with Crippen molar-refractivity contribution in [2.75, 3.05) is 11.5 Å². The molecule has 0 fully saturated rings. The number of halogens is 6. The number of carbonyl (C=O) groups is 1. The van der Waals surface area contributed by atoms with Gasteiger partial charge < -0.3 is 5.32 Å². The third-order valence-corrected chi connectivity index (χ3v) is 8.37. The highest BCUT2D eigenvalue weighted by Crippen LogP contribution is 2.37. The molecule has 0 aliphatic carbocycles. The molecule has 1 amide bonds. The first kappa shape index (κ1) is 27.0. The van der Waals surface area contributed by atoms with Crippen LogP contribution >= 0.6 is 23.1 Å². The molecule has 2 aromatic heterocycles. The van der Waals surface area contributed by atoms with Gasteiger partial charge in [-0.15, -0.1) is 23.1 Å². The van der Waals surface area contributed by atoms with Crippen LogP contribution in [-0.2, 0) is 28.7 Å². The highest BCUT2D eigenvalue weighted by molar-refractivity contribution is 8.00. The minimum atomic E-state index is -5.17. The average Bonchev–Trinajstić information content (AvgIpc) is 3.30. The van der Waals surface area contributed by atoms with Crippen molar-refractivity contribution in [1.82, 2.24) is 10.3 Å².